The molecule has 2 aromatic carbocycles. The number of hydrogen-bond donors (Lipinski definition) is 3. The smallest absolute Gasteiger partial charge is 0.319 e. The first-order valence-corrected chi connectivity index (χ1v) is 8.07. The van der Waals surface area contributed by atoms with E-state index in [1.807, 2.05) is 38.1 Å². The van der Waals surface area contributed by atoms with Crippen LogP contribution in [0.5, 0.6) is 5.75 Å². The number of ether oxygens (including phenoxy) is 1. The maximum absolute atomic E-state index is 12.3. The Hall–Kier alpha value is -3.02. The van der Waals surface area contributed by atoms with E-state index in [9.17, 15) is 9.59 Å². The SMILES string of the molecule is COc1cccc(CC(=O)Nc2ccccc2NC(=O)NC(C)C)c1. The lowest BCUT2D eigenvalue weighted by atomic mass is 10.1. The van der Waals surface area contributed by atoms with Crippen LogP contribution in [0, 0.1) is 0 Å². The summed E-state index contributed by atoms with van der Waals surface area (Å²) in [5.41, 5.74) is 1.94. The number of para-hydroxylation sites is 2. The normalized spacial score (nSPS) is 10.2. The van der Waals surface area contributed by atoms with Crippen LogP contribution in [-0.4, -0.2) is 25.1 Å². The fraction of sp³-hybridized carbons (Fsp3) is 0.263. The summed E-state index contributed by atoms with van der Waals surface area (Å²) in [4.78, 5) is 24.2. The molecule has 0 atom stereocenters. The summed E-state index contributed by atoms with van der Waals surface area (Å²) >= 11 is 0. The molecule has 25 heavy (non-hydrogen) atoms. The molecule has 0 saturated heterocycles. The number of nitrogens with one attached hydrogen (secondary N) is 3. The molecule has 6 nitrogen and oxygen atoms in total. The Morgan fingerprint density at radius 2 is 1.68 bits per heavy atom. The first-order chi connectivity index (χ1) is 12.0. The van der Waals surface area contributed by atoms with Crippen molar-refractivity contribution in [2.45, 2.75) is 26.3 Å². The van der Waals surface area contributed by atoms with Gasteiger partial charge in [0.05, 0.1) is 24.9 Å². The van der Waals surface area contributed by atoms with Crippen LogP contribution in [0.25, 0.3) is 0 Å². The maximum Gasteiger partial charge on any atom is 0.319 e. The minimum absolute atomic E-state index is 0.0230. The molecular weight excluding hydrogens is 318 g/mol. The zero-order valence-electron chi connectivity index (χ0n) is 14.6. The van der Waals surface area contributed by atoms with E-state index in [1.165, 1.54) is 0 Å². The van der Waals surface area contributed by atoms with Gasteiger partial charge in [-0.05, 0) is 43.7 Å². The highest BCUT2D eigenvalue weighted by Gasteiger charge is 2.10. The van der Waals surface area contributed by atoms with Gasteiger partial charge in [-0.3, -0.25) is 4.79 Å². The lowest BCUT2D eigenvalue weighted by Gasteiger charge is -2.14. The van der Waals surface area contributed by atoms with E-state index in [0.717, 1.165) is 5.56 Å². The number of carbonyl (C=O) groups excluding carboxylic acids is 2. The molecule has 0 heterocycles. The van der Waals surface area contributed by atoms with E-state index in [0.29, 0.717) is 17.1 Å². The number of hydrogen-bond acceptors (Lipinski definition) is 3. The molecule has 0 aliphatic rings. The quantitative estimate of drug-likeness (QED) is 0.753. The van der Waals surface area contributed by atoms with E-state index in [2.05, 4.69) is 16.0 Å². The van der Waals surface area contributed by atoms with Crippen molar-refractivity contribution in [3.63, 3.8) is 0 Å². The Bertz CT molecular complexity index is 744. The second-order valence-electron chi connectivity index (χ2n) is 5.88. The fourth-order valence-corrected chi connectivity index (χ4v) is 2.28. The van der Waals surface area contributed by atoms with Crippen LogP contribution < -0.4 is 20.7 Å². The predicted octanol–water partition coefficient (Wildman–Crippen LogP) is 3.41. The Balaban J connectivity index is 2.04. The summed E-state index contributed by atoms with van der Waals surface area (Å²) in [7, 11) is 1.59. The van der Waals surface area contributed by atoms with Gasteiger partial charge in [0, 0.05) is 6.04 Å². The van der Waals surface area contributed by atoms with Gasteiger partial charge in [-0.2, -0.15) is 0 Å². The molecule has 6 heteroatoms. The van der Waals surface area contributed by atoms with Gasteiger partial charge >= 0.3 is 6.03 Å². The Kier molecular flexibility index (Phi) is 6.39. The molecule has 0 radical (unpaired) electrons. The van der Waals surface area contributed by atoms with Gasteiger partial charge in [-0.1, -0.05) is 24.3 Å². The Morgan fingerprint density at radius 3 is 2.32 bits per heavy atom. The number of carbonyl (C=O) groups is 2. The largest absolute Gasteiger partial charge is 0.497 e. The van der Waals surface area contributed by atoms with E-state index in [1.54, 1.807) is 31.4 Å². The van der Waals surface area contributed by atoms with E-state index in [-0.39, 0.29) is 24.4 Å². The molecule has 2 rings (SSSR count). The molecule has 0 unspecified atom stereocenters. The highest BCUT2D eigenvalue weighted by Crippen LogP contribution is 2.21. The number of benzene rings is 2. The van der Waals surface area contributed by atoms with Gasteiger partial charge in [0.25, 0.3) is 0 Å². The lowest BCUT2D eigenvalue weighted by molar-refractivity contribution is -0.115. The van der Waals surface area contributed by atoms with Crippen molar-refractivity contribution in [2.75, 3.05) is 17.7 Å². The summed E-state index contributed by atoms with van der Waals surface area (Å²) in [6.45, 7) is 3.75. The summed E-state index contributed by atoms with van der Waals surface area (Å²) in [5.74, 6) is 0.532. The fourth-order valence-electron chi connectivity index (χ4n) is 2.28. The number of urea groups is 1. The lowest BCUT2D eigenvalue weighted by Crippen LogP contribution is -2.34. The second kappa shape index (κ2) is 8.73. The molecule has 2 aromatic rings. The molecular formula is C19H23N3O3. The van der Waals surface area contributed by atoms with Crippen molar-refractivity contribution in [3.05, 3.63) is 54.1 Å². The predicted molar refractivity (Wildman–Crippen MR) is 99.1 cm³/mol. The van der Waals surface area contributed by atoms with Gasteiger partial charge in [-0.15, -0.1) is 0 Å². The summed E-state index contributed by atoms with van der Waals surface area (Å²) in [6.07, 6.45) is 0.212. The van der Waals surface area contributed by atoms with Gasteiger partial charge < -0.3 is 20.7 Å². The van der Waals surface area contributed by atoms with Crippen LogP contribution in [0.4, 0.5) is 16.2 Å². The highest BCUT2D eigenvalue weighted by molar-refractivity contribution is 5.99. The van der Waals surface area contributed by atoms with E-state index < -0.39 is 0 Å². The zero-order chi connectivity index (χ0) is 18.2. The van der Waals surface area contributed by atoms with Crippen molar-refractivity contribution in [1.29, 1.82) is 0 Å². The summed E-state index contributed by atoms with van der Waals surface area (Å²) < 4.78 is 5.16. The zero-order valence-corrected chi connectivity index (χ0v) is 14.6. The first-order valence-electron chi connectivity index (χ1n) is 8.07. The van der Waals surface area contributed by atoms with Crippen molar-refractivity contribution in [1.82, 2.24) is 5.32 Å². The number of rotatable bonds is 6. The average Bonchev–Trinajstić information content (AvgIpc) is 2.56. The molecule has 0 spiro atoms. The van der Waals surface area contributed by atoms with E-state index in [4.69, 9.17) is 4.74 Å². The van der Waals surface area contributed by atoms with Gasteiger partial charge in [0.1, 0.15) is 5.75 Å². The average molecular weight is 341 g/mol. The molecule has 0 bridgehead atoms. The van der Waals surface area contributed by atoms with Crippen LogP contribution in [0.15, 0.2) is 48.5 Å². The second-order valence-corrected chi connectivity index (χ2v) is 5.88. The maximum atomic E-state index is 12.3. The number of methoxy groups -OCH3 is 1. The van der Waals surface area contributed by atoms with Crippen LogP contribution in [0.3, 0.4) is 0 Å². The molecule has 0 fully saturated rings. The minimum Gasteiger partial charge on any atom is -0.497 e. The van der Waals surface area contributed by atoms with Gasteiger partial charge in [-0.25, -0.2) is 4.79 Å². The molecule has 3 N–H and O–H groups in total. The third kappa shape index (κ3) is 5.84. The van der Waals surface area contributed by atoms with Crippen LogP contribution >= 0.6 is 0 Å². The molecule has 132 valence electrons. The van der Waals surface area contributed by atoms with Crippen molar-refractivity contribution < 1.29 is 14.3 Å². The topological polar surface area (TPSA) is 79.5 Å². The highest BCUT2D eigenvalue weighted by atomic mass is 16.5. The minimum atomic E-state index is -0.315. The van der Waals surface area contributed by atoms with Gasteiger partial charge in [0.2, 0.25) is 5.91 Å². The first kappa shape index (κ1) is 18.3. The van der Waals surface area contributed by atoms with Crippen LogP contribution in [-0.2, 0) is 11.2 Å². The molecule has 0 aliphatic heterocycles. The van der Waals surface area contributed by atoms with Crippen LogP contribution in [0.1, 0.15) is 19.4 Å². The Morgan fingerprint density at radius 1 is 1.00 bits per heavy atom. The Labute approximate surface area is 147 Å². The number of anilines is 2. The number of amides is 3. The van der Waals surface area contributed by atoms with Crippen molar-refractivity contribution >= 4 is 23.3 Å². The van der Waals surface area contributed by atoms with Gasteiger partial charge in [0.15, 0.2) is 0 Å². The monoisotopic (exact) mass is 341 g/mol. The van der Waals surface area contributed by atoms with Crippen molar-refractivity contribution in [3.8, 4) is 5.75 Å². The standard InChI is InChI=1S/C19H23N3O3/c1-13(2)20-19(24)22-17-10-5-4-9-16(17)21-18(23)12-14-7-6-8-15(11-14)25-3/h4-11,13H,12H2,1-3H3,(H,21,23)(H2,20,22,24). The molecule has 0 aliphatic carbocycles. The third-order valence-electron chi connectivity index (χ3n) is 3.37. The van der Waals surface area contributed by atoms with Crippen molar-refractivity contribution in [2.24, 2.45) is 0 Å². The molecule has 3 amide bonds. The summed E-state index contributed by atoms with van der Waals surface area (Å²) in [6, 6.07) is 14.1. The van der Waals surface area contributed by atoms with E-state index >= 15 is 0 Å². The molecule has 0 saturated carbocycles. The van der Waals surface area contributed by atoms with Crippen LogP contribution in [0.2, 0.25) is 0 Å². The molecule has 0 aromatic heterocycles. The third-order valence-corrected chi connectivity index (χ3v) is 3.37. The summed E-state index contributed by atoms with van der Waals surface area (Å²) in [5, 5.41) is 8.33.